The maximum Gasteiger partial charge on any atom is 0.335 e. The molecule has 0 aromatic heterocycles. The summed E-state index contributed by atoms with van der Waals surface area (Å²) in [6.45, 7) is 5.78. The van der Waals surface area contributed by atoms with E-state index in [9.17, 15) is 34.5 Å². The van der Waals surface area contributed by atoms with Gasteiger partial charge in [-0.3, -0.25) is 14.4 Å². The average molecular weight is 1140 g/mol. The molecule has 1 saturated heterocycles. The molecule has 81 heavy (non-hydrogen) atoms. The fourth-order valence-electron chi connectivity index (χ4n) is 9.55. The molecule has 1 aliphatic rings. The van der Waals surface area contributed by atoms with E-state index in [1.54, 1.807) is 0 Å². The van der Waals surface area contributed by atoms with Gasteiger partial charge >= 0.3 is 23.9 Å². The lowest BCUT2D eigenvalue weighted by molar-refractivity contribution is -0.301. The molecule has 0 amide bonds. The lowest BCUT2D eigenvalue weighted by atomic mass is 9.98. The van der Waals surface area contributed by atoms with E-state index in [-0.39, 0.29) is 25.9 Å². The van der Waals surface area contributed by atoms with Gasteiger partial charge in [-0.25, -0.2) is 4.79 Å². The van der Waals surface area contributed by atoms with Gasteiger partial charge in [-0.2, -0.15) is 0 Å². The predicted molar refractivity (Wildman–Crippen MR) is 331 cm³/mol. The van der Waals surface area contributed by atoms with Crippen LogP contribution in [0.15, 0.2) is 85.1 Å². The number of ether oxygens (including phenoxy) is 5. The fraction of sp³-hybridized carbons (Fsp3) is 0.739. The minimum atomic E-state index is -1.91. The van der Waals surface area contributed by atoms with E-state index in [0.29, 0.717) is 19.3 Å². The third-order valence-electron chi connectivity index (χ3n) is 14.5. The molecule has 0 aromatic carbocycles. The van der Waals surface area contributed by atoms with Gasteiger partial charge in [0.05, 0.1) is 6.61 Å². The fourth-order valence-corrected chi connectivity index (χ4v) is 9.55. The zero-order chi connectivity index (χ0) is 58.9. The Morgan fingerprint density at radius 1 is 0.420 bits per heavy atom. The van der Waals surface area contributed by atoms with Gasteiger partial charge < -0.3 is 39.0 Å². The molecule has 12 nitrogen and oxygen atoms in total. The molecule has 0 saturated carbocycles. The molecular formula is C69H116O12. The van der Waals surface area contributed by atoms with Gasteiger partial charge in [0.2, 0.25) is 0 Å². The number of carboxylic acids is 1. The van der Waals surface area contributed by atoms with E-state index in [0.717, 1.165) is 135 Å². The van der Waals surface area contributed by atoms with E-state index in [4.69, 9.17) is 23.7 Å². The van der Waals surface area contributed by atoms with Gasteiger partial charge in [0, 0.05) is 19.3 Å². The summed E-state index contributed by atoms with van der Waals surface area (Å²) in [6.07, 6.45) is 61.1. The number of aliphatic hydroxyl groups is 2. The van der Waals surface area contributed by atoms with Crippen molar-refractivity contribution in [1.82, 2.24) is 0 Å². The number of rotatable bonds is 55. The van der Waals surface area contributed by atoms with Gasteiger partial charge in [-0.15, -0.1) is 0 Å². The molecule has 12 heteroatoms. The van der Waals surface area contributed by atoms with Crippen molar-refractivity contribution in [2.24, 2.45) is 0 Å². The minimum Gasteiger partial charge on any atom is -0.479 e. The van der Waals surface area contributed by atoms with Crippen LogP contribution in [0, 0.1) is 0 Å². The summed E-state index contributed by atoms with van der Waals surface area (Å²) in [5.41, 5.74) is 0. The summed E-state index contributed by atoms with van der Waals surface area (Å²) in [4.78, 5) is 51.3. The molecule has 0 aliphatic carbocycles. The first kappa shape index (κ1) is 74.9. The largest absolute Gasteiger partial charge is 0.479 e. The lowest BCUT2D eigenvalue weighted by Crippen LogP contribution is -2.61. The monoisotopic (exact) mass is 1140 g/mol. The molecule has 1 aliphatic heterocycles. The first-order valence-corrected chi connectivity index (χ1v) is 32.6. The van der Waals surface area contributed by atoms with Crippen LogP contribution in [0.1, 0.15) is 278 Å². The van der Waals surface area contributed by atoms with E-state index >= 15 is 0 Å². The highest BCUT2D eigenvalue weighted by Gasteiger charge is 2.50. The molecule has 1 fully saturated rings. The maximum absolute atomic E-state index is 13.2. The van der Waals surface area contributed by atoms with Crippen LogP contribution >= 0.6 is 0 Å². The minimum absolute atomic E-state index is 0.0380. The molecule has 1 heterocycles. The zero-order valence-electron chi connectivity index (χ0n) is 51.3. The first-order valence-electron chi connectivity index (χ1n) is 32.6. The summed E-state index contributed by atoms with van der Waals surface area (Å²) in [5.74, 6) is -3.15. The van der Waals surface area contributed by atoms with Crippen molar-refractivity contribution in [3.8, 4) is 0 Å². The molecule has 0 spiro atoms. The molecular weight excluding hydrogens is 1020 g/mol. The highest BCUT2D eigenvalue weighted by molar-refractivity contribution is 5.74. The van der Waals surface area contributed by atoms with Gasteiger partial charge in [0.25, 0.3) is 0 Å². The number of allylic oxidation sites excluding steroid dienone is 14. The summed E-state index contributed by atoms with van der Waals surface area (Å²) in [5, 5.41) is 31.6. The third-order valence-corrected chi connectivity index (χ3v) is 14.5. The van der Waals surface area contributed by atoms with E-state index in [2.05, 4.69) is 106 Å². The van der Waals surface area contributed by atoms with Gasteiger partial charge in [-0.05, 0) is 89.9 Å². The Hall–Kier alpha value is -4.10. The highest BCUT2D eigenvalue weighted by atomic mass is 16.7. The number of carbonyl (C=O) groups is 4. The van der Waals surface area contributed by atoms with Crippen LogP contribution in [0.25, 0.3) is 0 Å². The van der Waals surface area contributed by atoms with Crippen molar-refractivity contribution in [3.05, 3.63) is 85.1 Å². The second kappa shape index (κ2) is 56.4. The molecule has 6 atom stereocenters. The summed E-state index contributed by atoms with van der Waals surface area (Å²) < 4.78 is 28.5. The van der Waals surface area contributed by atoms with Crippen molar-refractivity contribution in [2.45, 2.75) is 314 Å². The van der Waals surface area contributed by atoms with Crippen LogP contribution in [0.3, 0.4) is 0 Å². The van der Waals surface area contributed by atoms with Crippen LogP contribution < -0.4 is 0 Å². The van der Waals surface area contributed by atoms with Crippen molar-refractivity contribution in [3.63, 3.8) is 0 Å². The van der Waals surface area contributed by atoms with Crippen LogP contribution in [0.5, 0.6) is 0 Å². The Morgan fingerprint density at radius 3 is 1.19 bits per heavy atom. The maximum atomic E-state index is 13.2. The van der Waals surface area contributed by atoms with E-state index in [1.165, 1.54) is 83.5 Å². The Kier molecular flexibility index (Phi) is 52.1. The summed E-state index contributed by atoms with van der Waals surface area (Å²) in [6, 6.07) is 0. The van der Waals surface area contributed by atoms with Crippen molar-refractivity contribution in [1.29, 1.82) is 0 Å². The van der Waals surface area contributed by atoms with E-state index in [1.807, 2.05) is 0 Å². The van der Waals surface area contributed by atoms with Crippen LogP contribution in [-0.4, -0.2) is 89.2 Å². The predicted octanol–water partition coefficient (Wildman–Crippen LogP) is 17.5. The Balaban J connectivity index is 2.67. The van der Waals surface area contributed by atoms with Crippen molar-refractivity contribution in [2.75, 3.05) is 13.2 Å². The normalized spacial score (nSPS) is 18.3. The second-order valence-electron chi connectivity index (χ2n) is 22.0. The average Bonchev–Trinajstić information content (AvgIpc) is 3.53. The molecule has 0 bridgehead atoms. The number of hydrogen-bond donors (Lipinski definition) is 3. The Morgan fingerprint density at radius 2 is 0.778 bits per heavy atom. The number of aliphatic carboxylic acids is 1. The summed E-state index contributed by atoms with van der Waals surface area (Å²) in [7, 11) is 0. The standard InChI is InChI=1S/C69H116O12/c1-4-7-10-13-16-19-22-25-28-30-31-33-35-37-40-43-46-49-52-55-61(70)77-58-60(79-62(71)56-53-50-47-44-41-39-36-32-29-26-23-20-17-14-11-8-5-2)59-78-69-67(65(74)64(73)66(81-69)68(75)76)80-63(72)57-54-51-48-45-42-38-34-27-24-21-18-15-12-9-6-3/h7,9-10,12,16,18-19,21,25,27-28,31,33-34,60,64-67,69,73-74H,4-6,8,11,13-15,17,20,22-24,26,29-30,32,35-59H2,1-3H3,(H,75,76)/b10-7-,12-9-,19-16-,21-18-,28-25-,33-31-,34-27-. The topological polar surface area (TPSA) is 175 Å². The van der Waals surface area contributed by atoms with Gasteiger partial charge in [0.1, 0.15) is 18.8 Å². The number of hydrogen-bond acceptors (Lipinski definition) is 11. The SMILES string of the molecule is CC/C=C\C/C=C\C/C=C\C/C=C\CCCCCCCCC(=O)OCC(COC1OC(C(=O)O)C(O)C(O)C1OC(=O)CCCCCCC/C=C\C/C=C\C/C=C\CC)OC(=O)CCCCCCCCCCCCCCCCCCC. The van der Waals surface area contributed by atoms with E-state index < -0.39 is 67.3 Å². The number of aliphatic hydroxyl groups excluding tert-OH is 2. The van der Waals surface area contributed by atoms with Crippen LogP contribution in [0.4, 0.5) is 0 Å². The second-order valence-corrected chi connectivity index (χ2v) is 22.0. The molecule has 6 unspecified atom stereocenters. The van der Waals surface area contributed by atoms with Gasteiger partial charge in [-0.1, -0.05) is 254 Å². The quantitative estimate of drug-likeness (QED) is 0.0228. The smallest absolute Gasteiger partial charge is 0.335 e. The first-order chi connectivity index (χ1) is 39.6. The Labute approximate surface area is 492 Å². The van der Waals surface area contributed by atoms with Crippen LogP contribution in [-0.2, 0) is 42.9 Å². The molecule has 464 valence electrons. The lowest BCUT2D eigenvalue weighted by Gasteiger charge is -2.40. The van der Waals surface area contributed by atoms with Crippen molar-refractivity contribution < 1.29 is 58.2 Å². The number of esters is 3. The third kappa shape index (κ3) is 46.0. The molecule has 1 rings (SSSR count). The Bertz CT molecular complexity index is 1730. The highest BCUT2D eigenvalue weighted by Crippen LogP contribution is 2.27. The van der Waals surface area contributed by atoms with Gasteiger partial charge in [0.15, 0.2) is 24.6 Å². The van der Waals surface area contributed by atoms with Crippen LogP contribution in [0.2, 0.25) is 0 Å². The summed E-state index contributed by atoms with van der Waals surface area (Å²) >= 11 is 0. The molecule has 0 aromatic rings. The number of unbranched alkanes of at least 4 members (excludes halogenated alkanes) is 27. The number of carboxylic acid groups (broad SMARTS) is 1. The molecule has 0 radical (unpaired) electrons. The van der Waals surface area contributed by atoms with Crippen molar-refractivity contribution >= 4 is 23.9 Å². The zero-order valence-corrected chi connectivity index (χ0v) is 51.3. The molecule has 3 N–H and O–H groups in total. The number of carbonyl (C=O) groups excluding carboxylic acids is 3.